The first-order valence-corrected chi connectivity index (χ1v) is 10.5. The van der Waals surface area contributed by atoms with Crippen molar-refractivity contribution in [1.82, 2.24) is 4.31 Å². The number of benzene rings is 2. The molecule has 0 aliphatic carbocycles. The van der Waals surface area contributed by atoms with E-state index in [-0.39, 0.29) is 11.9 Å². The monoisotopic (exact) mass is 375 g/mol. The molecule has 5 nitrogen and oxygen atoms in total. The number of aryl methyl sites for hydroxylation is 1. The third-order valence-electron chi connectivity index (χ3n) is 4.62. The first-order valence-electron chi connectivity index (χ1n) is 8.86. The largest absolute Gasteiger partial charge is 0.497 e. The molecule has 0 amide bonds. The Morgan fingerprint density at radius 3 is 2.54 bits per heavy atom. The lowest BCUT2D eigenvalue weighted by Crippen LogP contribution is -2.43. The van der Waals surface area contributed by atoms with Crippen molar-refractivity contribution >= 4 is 10.0 Å². The van der Waals surface area contributed by atoms with E-state index in [1.807, 2.05) is 54.6 Å². The molecule has 1 aliphatic heterocycles. The highest BCUT2D eigenvalue weighted by molar-refractivity contribution is 7.89. The maximum absolute atomic E-state index is 12.7. The van der Waals surface area contributed by atoms with E-state index in [4.69, 9.17) is 9.47 Å². The van der Waals surface area contributed by atoms with Gasteiger partial charge in [-0.3, -0.25) is 0 Å². The maximum atomic E-state index is 12.7. The Hall–Kier alpha value is -1.89. The average Bonchev–Trinajstić information content (AvgIpc) is 2.69. The summed E-state index contributed by atoms with van der Waals surface area (Å²) in [6.07, 6.45) is 1.15. The molecule has 0 N–H and O–H groups in total. The maximum Gasteiger partial charge on any atom is 0.214 e. The van der Waals surface area contributed by atoms with Gasteiger partial charge in [0, 0.05) is 13.1 Å². The molecule has 1 saturated heterocycles. The van der Waals surface area contributed by atoms with E-state index < -0.39 is 10.0 Å². The van der Waals surface area contributed by atoms with Gasteiger partial charge in [-0.2, -0.15) is 4.31 Å². The van der Waals surface area contributed by atoms with Crippen molar-refractivity contribution in [2.24, 2.45) is 0 Å². The molecule has 140 valence electrons. The molecule has 0 spiro atoms. The van der Waals surface area contributed by atoms with Crippen LogP contribution in [0.1, 0.15) is 23.7 Å². The highest BCUT2D eigenvalue weighted by Crippen LogP contribution is 2.26. The molecule has 0 aromatic heterocycles. The number of nitrogens with zero attached hydrogens (tertiary/aromatic N) is 1. The Kier molecular flexibility index (Phi) is 6.29. The molecule has 0 bridgehead atoms. The zero-order valence-corrected chi connectivity index (χ0v) is 15.8. The van der Waals surface area contributed by atoms with Crippen molar-refractivity contribution in [2.45, 2.75) is 18.9 Å². The number of methoxy groups -OCH3 is 1. The van der Waals surface area contributed by atoms with E-state index in [9.17, 15) is 8.42 Å². The second-order valence-electron chi connectivity index (χ2n) is 6.40. The van der Waals surface area contributed by atoms with Gasteiger partial charge in [-0.05, 0) is 36.1 Å². The molecular weight excluding hydrogens is 350 g/mol. The van der Waals surface area contributed by atoms with Gasteiger partial charge in [0.15, 0.2) is 0 Å². The normalized spacial score (nSPS) is 18.6. The van der Waals surface area contributed by atoms with Crippen LogP contribution in [0.15, 0.2) is 54.6 Å². The third kappa shape index (κ3) is 4.84. The minimum absolute atomic E-state index is 0.164. The van der Waals surface area contributed by atoms with Gasteiger partial charge in [0.25, 0.3) is 0 Å². The minimum Gasteiger partial charge on any atom is -0.497 e. The predicted molar refractivity (Wildman–Crippen MR) is 102 cm³/mol. The van der Waals surface area contributed by atoms with E-state index in [1.165, 1.54) is 5.56 Å². The summed E-state index contributed by atoms with van der Waals surface area (Å²) in [6.45, 7) is 1.19. The molecule has 26 heavy (non-hydrogen) atoms. The second kappa shape index (κ2) is 8.66. The molecule has 0 radical (unpaired) electrons. The van der Waals surface area contributed by atoms with E-state index in [1.54, 1.807) is 11.4 Å². The Bertz CT molecular complexity index is 790. The van der Waals surface area contributed by atoms with E-state index in [2.05, 4.69) is 0 Å². The van der Waals surface area contributed by atoms with Crippen LogP contribution in [0.4, 0.5) is 0 Å². The molecule has 0 saturated carbocycles. The quantitative estimate of drug-likeness (QED) is 0.746. The van der Waals surface area contributed by atoms with Crippen LogP contribution in [0.25, 0.3) is 0 Å². The van der Waals surface area contributed by atoms with Crippen LogP contribution >= 0.6 is 0 Å². The molecule has 1 unspecified atom stereocenters. The summed E-state index contributed by atoms with van der Waals surface area (Å²) in [7, 11) is -1.66. The molecule has 1 fully saturated rings. The smallest absolute Gasteiger partial charge is 0.214 e. The van der Waals surface area contributed by atoms with Gasteiger partial charge in [-0.25, -0.2) is 8.42 Å². The number of rotatable bonds is 7. The van der Waals surface area contributed by atoms with Gasteiger partial charge in [0.2, 0.25) is 10.0 Å². The van der Waals surface area contributed by atoms with Gasteiger partial charge in [0.05, 0.1) is 25.6 Å². The lowest BCUT2D eigenvalue weighted by atomic mass is 10.1. The summed E-state index contributed by atoms with van der Waals surface area (Å²) in [6, 6.07) is 17.6. The second-order valence-corrected chi connectivity index (χ2v) is 8.48. The SMILES string of the molecule is COc1ccc(C2CN(S(=O)(=O)CCCc3ccccc3)CCO2)cc1. The summed E-state index contributed by atoms with van der Waals surface area (Å²) in [5.41, 5.74) is 2.13. The van der Waals surface area contributed by atoms with Crippen molar-refractivity contribution in [3.63, 3.8) is 0 Å². The standard InChI is InChI=1S/C20H25NO4S/c1-24-19-11-9-18(10-12-19)20-16-21(13-14-25-20)26(22,23)15-5-8-17-6-3-2-4-7-17/h2-4,6-7,9-12,20H,5,8,13-16H2,1H3. The van der Waals surface area contributed by atoms with Crippen LogP contribution in [-0.4, -0.2) is 45.3 Å². The number of morpholine rings is 1. The lowest BCUT2D eigenvalue weighted by molar-refractivity contribution is -0.00256. The Labute approximate surface area is 155 Å². The highest BCUT2D eigenvalue weighted by Gasteiger charge is 2.29. The van der Waals surface area contributed by atoms with Gasteiger partial charge in [0.1, 0.15) is 5.75 Å². The fourth-order valence-corrected chi connectivity index (χ4v) is 4.61. The molecule has 1 aliphatic rings. The number of sulfonamides is 1. The molecule has 6 heteroatoms. The van der Waals surface area contributed by atoms with Crippen molar-refractivity contribution in [1.29, 1.82) is 0 Å². The van der Waals surface area contributed by atoms with Gasteiger partial charge < -0.3 is 9.47 Å². The molecule has 2 aromatic rings. The molecule has 2 aromatic carbocycles. The minimum atomic E-state index is -3.28. The fourth-order valence-electron chi connectivity index (χ4n) is 3.13. The average molecular weight is 375 g/mol. The van der Waals surface area contributed by atoms with E-state index in [0.29, 0.717) is 26.1 Å². The first-order chi connectivity index (χ1) is 12.6. The van der Waals surface area contributed by atoms with Crippen molar-refractivity contribution in [3.8, 4) is 5.75 Å². The van der Waals surface area contributed by atoms with Gasteiger partial charge in [-0.1, -0.05) is 42.5 Å². The summed E-state index contributed by atoms with van der Waals surface area (Å²) in [4.78, 5) is 0. The van der Waals surface area contributed by atoms with Gasteiger partial charge in [-0.15, -0.1) is 0 Å². The zero-order valence-electron chi connectivity index (χ0n) is 15.0. The van der Waals surface area contributed by atoms with E-state index >= 15 is 0 Å². The molecule has 1 heterocycles. The number of hydrogen-bond donors (Lipinski definition) is 0. The van der Waals surface area contributed by atoms with Crippen molar-refractivity contribution in [3.05, 3.63) is 65.7 Å². The number of hydrogen-bond acceptors (Lipinski definition) is 4. The van der Waals surface area contributed by atoms with Crippen LogP contribution < -0.4 is 4.74 Å². The van der Waals surface area contributed by atoms with Crippen molar-refractivity contribution < 1.29 is 17.9 Å². The third-order valence-corrected chi connectivity index (χ3v) is 6.54. The lowest BCUT2D eigenvalue weighted by Gasteiger charge is -2.32. The highest BCUT2D eigenvalue weighted by atomic mass is 32.2. The Morgan fingerprint density at radius 1 is 1.12 bits per heavy atom. The predicted octanol–water partition coefficient (Wildman–Crippen LogP) is 3.03. The summed E-state index contributed by atoms with van der Waals surface area (Å²) in [5.74, 6) is 0.937. The van der Waals surface area contributed by atoms with Crippen LogP contribution in [0.5, 0.6) is 5.75 Å². The molecular formula is C20H25NO4S. The first kappa shape index (κ1) is 18.9. The van der Waals surface area contributed by atoms with Crippen LogP contribution in [0.3, 0.4) is 0 Å². The van der Waals surface area contributed by atoms with E-state index in [0.717, 1.165) is 17.7 Å². The fraction of sp³-hybridized carbons (Fsp3) is 0.400. The Morgan fingerprint density at radius 2 is 1.85 bits per heavy atom. The van der Waals surface area contributed by atoms with Crippen LogP contribution in [0.2, 0.25) is 0 Å². The van der Waals surface area contributed by atoms with Crippen molar-refractivity contribution in [2.75, 3.05) is 32.6 Å². The number of ether oxygens (including phenoxy) is 2. The van der Waals surface area contributed by atoms with Crippen LogP contribution in [0, 0.1) is 0 Å². The summed E-state index contributed by atoms with van der Waals surface area (Å²) >= 11 is 0. The zero-order chi connectivity index (χ0) is 18.4. The van der Waals surface area contributed by atoms with Gasteiger partial charge >= 0.3 is 0 Å². The summed E-state index contributed by atoms with van der Waals surface area (Å²) < 4.78 is 37.9. The summed E-state index contributed by atoms with van der Waals surface area (Å²) in [5, 5.41) is 0. The van der Waals surface area contributed by atoms with Crippen LogP contribution in [-0.2, 0) is 21.2 Å². The molecule has 3 rings (SSSR count). The Balaban J connectivity index is 1.58. The molecule has 1 atom stereocenters. The topological polar surface area (TPSA) is 55.8 Å².